The zero-order valence-electron chi connectivity index (χ0n) is 9.74. The van der Waals surface area contributed by atoms with Crippen molar-refractivity contribution in [2.24, 2.45) is 5.92 Å². The summed E-state index contributed by atoms with van der Waals surface area (Å²) in [5.41, 5.74) is 0.0592. The molecule has 0 radical (unpaired) electrons. The number of nitrogens with one attached hydrogen (secondary N) is 1. The lowest BCUT2D eigenvalue weighted by Gasteiger charge is -2.28. The van der Waals surface area contributed by atoms with Crippen molar-refractivity contribution >= 4 is 5.69 Å². The lowest BCUT2D eigenvalue weighted by atomic mass is 9.95. The summed E-state index contributed by atoms with van der Waals surface area (Å²) in [5.74, 6) is 0.0359. The summed E-state index contributed by atoms with van der Waals surface area (Å²) in [6, 6.07) is 8.35. The van der Waals surface area contributed by atoms with Gasteiger partial charge in [-0.05, 0) is 43.0 Å². The summed E-state index contributed by atoms with van der Waals surface area (Å²) < 4.78 is 17.9. The molecule has 1 saturated carbocycles. The maximum Gasteiger partial charge on any atom is 0.151 e. The van der Waals surface area contributed by atoms with Gasteiger partial charge in [0.25, 0.3) is 0 Å². The van der Waals surface area contributed by atoms with Crippen molar-refractivity contribution in [2.75, 3.05) is 19.0 Å². The molecular weight excluding hydrogens is 219 g/mol. The fourth-order valence-corrected chi connectivity index (χ4v) is 2.00. The third-order valence-corrected chi connectivity index (χ3v) is 3.06. The Morgan fingerprint density at radius 2 is 2.12 bits per heavy atom. The molecule has 17 heavy (non-hydrogen) atoms. The average molecular weight is 234 g/mol. The van der Waals surface area contributed by atoms with Crippen molar-refractivity contribution in [2.45, 2.75) is 18.4 Å². The molecule has 0 bridgehead atoms. The Hall–Kier alpha value is -1.60. The lowest BCUT2D eigenvalue weighted by Crippen LogP contribution is -2.43. The zero-order valence-corrected chi connectivity index (χ0v) is 9.74. The molecule has 1 aliphatic carbocycles. The van der Waals surface area contributed by atoms with Crippen LogP contribution in [0.2, 0.25) is 0 Å². The number of anilines is 1. The number of nitriles is 1. The standard InChI is InChI=1S/C13H15FN2O/c1-17-9-13(8-15,10-2-3-10)16-12-6-4-11(14)5-7-12/h4-7,10,16H,2-3,9H2,1H3. The minimum atomic E-state index is -0.688. The summed E-state index contributed by atoms with van der Waals surface area (Å²) in [6.45, 7) is 0.339. The van der Waals surface area contributed by atoms with E-state index in [-0.39, 0.29) is 5.82 Å². The number of rotatable bonds is 5. The third kappa shape index (κ3) is 2.56. The predicted molar refractivity (Wildman–Crippen MR) is 63.0 cm³/mol. The van der Waals surface area contributed by atoms with Crippen molar-refractivity contribution in [1.82, 2.24) is 0 Å². The van der Waals surface area contributed by atoms with Gasteiger partial charge >= 0.3 is 0 Å². The first-order chi connectivity index (χ1) is 8.20. The van der Waals surface area contributed by atoms with Gasteiger partial charge in [0.15, 0.2) is 5.54 Å². The maximum atomic E-state index is 12.8. The van der Waals surface area contributed by atoms with E-state index >= 15 is 0 Å². The predicted octanol–water partition coefficient (Wildman–Crippen LogP) is 2.56. The van der Waals surface area contributed by atoms with Crippen LogP contribution >= 0.6 is 0 Å². The highest BCUT2D eigenvalue weighted by molar-refractivity contribution is 5.48. The topological polar surface area (TPSA) is 45.0 Å². The highest BCUT2D eigenvalue weighted by Gasteiger charge is 2.46. The largest absolute Gasteiger partial charge is 0.381 e. The molecule has 3 nitrogen and oxygen atoms in total. The molecule has 0 saturated heterocycles. The lowest BCUT2D eigenvalue weighted by molar-refractivity contribution is 0.155. The average Bonchev–Trinajstić information content (AvgIpc) is 3.16. The van der Waals surface area contributed by atoms with Crippen molar-refractivity contribution in [3.63, 3.8) is 0 Å². The van der Waals surface area contributed by atoms with E-state index in [1.165, 1.54) is 12.1 Å². The van der Waals surface area contributed by atoms with Gasteiger partial charge in [-0.1, -0.05) is 0 Å². The van der Waals surface area contributed by atoms with Crippen LogP contribution in [-0.4, -0.2) is 19.3 Å². The Morgan fingerprint density at radius 1 is 1.47 bits per heavy atom. The second-order valence-corrected chi connectivity index (χ2v) is 4.42. The molecule has 90 valence electrons. The first-order valence-electron chi connectivity index (χ1n) is 5.64. The minimum absolute atomic E-state index is 0.281. The van der Waals surface area contributed by atoms with E-state index in [1.54, 1.807) is 19.2 Å². The number of methoxy groups -OCH3 is 1. The Bertz CT molecular complexity index is 422. The first kappa shape index (κ1) is 11.9. The summed E-state index contributed by atoms with van der Waals surface area (Å²) in [5, 5.41) is 12.5. The van der Waals surface area contributed by atoms with Crippen LogP contribution in [0.3, 0.4) is 0 Å². The quantitative estimate of drug-likeness (QED) is 0.851. The van der Waals surface area contributed by atoms with Gasteiger partial charge in [-0.25, -0.2) is 4.39 Å². The number of hydrogen-bond acceptors (Lipinski definition) is 3. The van der Waals surface area contributed by atoms with Crippen LogP contribution in [0.1, 0.15) is 12.8 Å². The molecule has 2 rings (SSSR count). The minimum Gasteiger partial charge on any atom is -0.381 e. The van der Waals surface area contributed by atoms with Gasteiger partial charge in [0.1, 0.15) is 5.82 Å². The summed E-state index contributed by atoms with van der Waals surface area (Å²) in [4.78, 5) is 0. The smallest absolute Gasteiger partial charge is 0.151 e. The molecule has 0 aromatic heterocycles. The fraction of sp³-hybridized carbons (Fsp3) is 0.462. The van der Waals surface area contributed by atoms with Crippen molar-refractivity contribution < 1.29 is 9.13 Å². The molecule has 1 aliphatic rings. The van der Waals surface area contributed by atoms with Crippen molar-refractivity contribution in [3.05, 3.63) is 30.1 Å². The van der Waals surface area contributed by atoms with Crippen LogP contribution in [0.15, 0.2) is 24.3 Å². The highest BCUT2D eigenvalue weighted by atomic mass is 19.1. The van der Waals surface area contributed by atoms with Crippen LogP contribution < -0.4 is 5.32 Å². The maximum absolute atomic E-state index is 12.8. The SMILES string of the molecule is COCC(C#N)(Nc1ccc(F)cc1)C1CC1. The second-order valence-electron chi connectivity index (χ2n) is 4.42. The normalized spacial score (nSPS) is 18.2. The highest BCUT2D eigenvalue weighted by Crippen LogP contribution is 2.41. The molecule has 1 N–H and O–H groups in total. The number of ether oxygens (including phenoxy) is 1. The molecule has 1 fully saturated rings. The molecular formula is C13H15FN2O. The molecule has 0 aliphatic heterocycles. The molecule has 0 heterocycles. The third-order valence-electron chi connectivity index (χ3n) is 3.06. The molecule has 1 unspecified atom stereocenters. The van der Waals surface area contributed by atoms with Gasteiger partial charge in [-0.3, -0.25) is 0 Å². The number of halogens is 1. The Kier molecular flexibility index (Phi) is 3.30. The Labute approximate surface area is 100 Å². The Balaban J connectivity index is 2.17. The van der Waals surface area contributed by atoms with Gasteiger partial charge in [-0.2, -0.15) is 5.26 Å². The van der Waals surface area contributed by atoms with Crippen LogP contribution in [-0.2, 0) is 4.74 Å². The van der Waals surface area contributed by atoms with Crippen LogP contribution in [0.25, 0.3) is 0 Å². The monoisotopic (exact) mass is 234 g/mol. The van der Waals surface area contributed by atoms with Crippen molar-refractivity contribution in [3.8, 4) is 6.07 Å². The second kappa shape index (κ2) is 4.72. The van der Waals surface area contributed by atoms with E-state index < -0.39 is 5.54 Å². The Morgan fingerprint density at radius 3 is 2.59 bits per heavy atom. The summed E-state index contributed by atoms with van der Waals surface area (Å²) >= 11 is 0. The van der Waals surface area contributed by atoms with E-state index in [4.69, 9.17) is 4.74 Å². The van der Waals surface area contributed by atoms with E-state index in [0.717, 1.165) is 18.5 Å². The number of benzene rings is 1. The molecule has 0 spiro atoms. The van der Waals surface area contributed by atoms with Gasteiger partial charge in [-0.15, -0.1) is 0 Å². The van der Waals surface area contributed by atoms with Gasteiger partial charge < -0.3 is 10.1 Å². The molecule has 4 heteroatoms. The summed E-state index contributed by atoms with van der Waals surface area (Å²) in [6.07, 6.45) is 2.07. The molecule has 0 amide bonds. The number of nitrogens with zero attached hydrogens (tertiary/aromatic N) is 1. The molecule has 1 atom stereocenters. The van der Waals surface area contributed by atoms with E-state index in [9.17, 15) is 9.65 Å². The first-order valence-corrected chi connectivity index (χ1v) is 5.64. The molecule has 1 aromatic carbocycles. The van der Waals surface area contributed by atoms with Crippen LogP contribution in [0, 0.1) is 23.1 Å². The van der Waals surface area contributed by atoms with E-state index in [2.05, 4.69) is 11.4 Å². The van der Waals surface area contributed by atoms with Crippen LogP contribution in [0.5, 0.6) is 0 Å². The van der Waals surface area contributed by atoms with Gasteiger partial charge in [0.2, 0.25) is 0 Å². The zero-order chi connectivity index (χ0) is 12.3. The van der Waals surface area contributed by atoms with Crippen molar-refractivity contribution in [1.29, 1.82) is 5.26 Å². The van der Waals surface area contributed by atoms with Gasteiger partial charge in [0, 0.05) is 12.8 Å². The fourth-order valence-electron chi connectivity index (χ4n) is 2.00. The van der Waals surface area contributed by atoms with Crippen LogP contribution in [0.4, 0.5) is 10.1 Å². The summed E-state index contributed by atoms with van der Waals surface area (Å²) in [7, 11) is 1.58. The van der Waals surface area contributed by atoms with E-state index in [1.807, 2.05) is 0 Å². The van der Waals surface area contributed by atoms with E-state index in [0.29, 0.717) is 12.5 Å². The molecule has 1 aromatic rings. The van der Waals surface area contributed by atoms with Gasteiger partial charge in [0.05, 0.1) is 12.7 Å². The number of hydrogen-bond donors (Lipinski definition) is 1.